The van der Waals surface area contributed by atoms with E-state index < -0.39 is 0 Å². The van der Waals surface area contributed by atoms with Gasteiger partial charge in [-0.1, -0.05) is 26.7 Å². The first kappa shape index (κ1) is 9.52. The van der Waals surface area contributed by atoms with Gasteiger partial charge >= 0.3 is 0 Å². The maximum atomic E-state index is 9.37. The summed E-state index contributed by atoms with van der Waals surface area (Å²) in [4.78, 5) is 0. The molecule has 58 valence electrons. The lowest BCUT2D eigenvalue weighted by molar-refractivity contribution is 0.107. The number of rotatable bonds is 4. The lowest BCUT2D eigenvalue weighted by atomic mass is 9.95. The number of aliphatic hydroxyl groups excluding tert-OH is 1. The van der Waals surface area contributed by atoms with Crippen molar-refractivity contribution in [3.05, 3.63) is 0 Å². The average Bonchev–Trinajstić information content (AvgIpc) is 1.91. The second-order valence-corrected chi connectivity index (χ2v) is 2.55. The average molecular weight is 140 g/mol. The maximum Gasteiger partial charge on any atom is 0.0677 e. The zero-order chi connectivity index (χ0) is 7.98. The highest BCUT2D eigenvalue weighted by molar-refractivity contribution is 4.88. The molecular formula is C9H16O. The highest BCUT2D eigenvalue weighted by atomic mass is 16.3. The van der Waals surface area contributed by atoms with Crippen molar-refractivity contribution in [3.63, 3.8) is 0 Å². The van der Waals surface area contributed by atoms with Gasteiger partial charge in [0.05, 0.1) is 6.10 Å². The fourth-order valence-electron chi connectivity index (χ4n) is 1.12. The van der Waals surface area contributed by atoms with Crippen molar-refractivity contribution in [2.24, 2.45) is 5.92 Å². The van der Waals surface area contributed by atoms with Gasteiger partial charge in [0.15, 0.2) is 0 Å². The number of terminal acetylenes is 1. The minimum atomic E-state index is -0.292. The molecule has 0 unspecified atom stereocenters. The third kappa shape index (κ3) is 2.89. The van der Waals surface area contributed by atoms with Crippen LogP contribution in [0.5, 0.6) is 0 Å². The Balaban J connectivity index is 3.66. The molecule has 0 amide bonds. The van der Waals surface area contributed by atoms with Crippen molar-refractivity contribution in [2.45, 2.75) is 39.2 Å². The summed E-state index contributed by atoms with van der Waals surface area (Å²) in [5.41, 5.74) is 0. The van der Waals surface area contributed by atoms with E-state index in [4.69, 9.17) is 6.42 Å². The highest BCUT2D eigenvalue weighted by Crippen LogP contribution is 2.14. The van der Waals surface area contributed by atoms with E-state index in [0.717, 1.165) is 12.8 Å². The monoisotopic (exact) mass is 140 g/mol. The molecule has 0 aromatic heterocycles. The molecule has 0 spiro atoms. The Kier molecular flexibility index (Phi) is 5.06. The summed E-state index contributed by atoms with van der Waals surface area (Å²) in [7, 11) is 0. The topological polar surface area (TPSA) is 20.2 Å². The Bertz CT molecular complexity index is 108. The van der Waals surface area contributed by atoms with Gasteiger partial charge in [-0.3, -0.25) is 0 Å². The molecule has 0 aliphatic heterocycles. The van der Waals surface area contributed by atoms with Gasteiger partial charge in [-0.05, 0) is 5.92 Å². The molecule has 1 atom stereocenters. The molecule has 0 fully saturated rings. The van der Waals surface area contributed by atoms with E-state index in [2.05, 4.69) is 19.8 Å². The van der Waals surface area contributed by atoms with E-state index in [1.807, 2.05) is 0 Å². The first-order valence-corrected chi connectivity index (χ1v) is 3.87. The van der Waals surface area contributed by atoms with Crippen LogP contribution in [-0.2, 0) is 0 Å². The molecule has 1 N–H and O–H groups in total. The van der Waals surface area contributed by atoms with Crippen LogP contribution in [0.15, 0.2) is 0 Å². The predicted molar refractivity (Wildman–Crippen MR) is 43.5 cm³/mol. The van der Waals surface area contributed by atoms with Crippen LogP contribution in [0.1, 0.15) is 33.1 Å². The summed E-state index contributed by atoms with van der Waals surface area (Å²) in [5, 5.41) is 9.37. The maximum absolute atomic E-state index is 9.37. The molecule has 0 heterocycles. The summed E-state index contributed by atoms with van der Waals surface area (Å²) in [6.07, 6.45) is 7.29. The van der Waals surface area contributed by atoms with E-state index in [9.17, 15) is 5.11 Å². The zero-order valence-electron chi connectivity index (χ0n) is 6.80. The minimum Gasteiger partial charge on any atom is -0.392 e. The zero-order valence-corrected chi connectivity index (χ0v) is 6.80. The standard InChI is InChI=1S/C9H16O/c1-4-7-9(10)8(5-2)6-3/h1,8-10H,5-7H2,2-3H3/t9-/m0/s1. The summed E-state index contributed by atoms with van der Waals surface area (Å²) < 4.78 is 0. The van der Waals surface area contributed by atoms with Gasteiger partial charge in [0.1, 0.15) is 0 Å². The third-order valence-corrected chi connectivity index (χ3v) is 1.92. The molecule has 0 rings (SSSR count). The van der Waals surface area contributed by atoms with E-state index in [-0.39, 0.29) is 6.10 Å². The summed E-state index contributed by atoms with van der Waals surface area (Å²) >= 11 is 0. The number of hydrogen-bond donors (Lipinski definition) is 1. The lowest BCUT2D eigenvalue weighted by Gasteiger charge is -2.17. The lowest BCUT2D eigenvalue weighted by Crippen LogP contribution is -2.18. The van der Waals surface area contributed by atoms with E-state index >= 15 is 0 Å². The van der Waals surface area contributed by atoms with Crippen LogP contribution in [0, 0.1) is 18.3 Å². The minimum absolute atomic E-state index is 0.292. The largest absolute Gasteiger partial charge is 0.392 e. The van der Waals surface area contributed by atoms with E-state index in [1.54, 1.807) is 0 Å². The van der Waals surface area contributed by atoms with Crippen molar-refractivity contribution < 1.29 is 5.11 Å². The fraction of sp³-hybridized carbons (Fsp3) is 0.778. The summed E-state index contributed by atoms with van der Waals surface area (Å²) in [5.74, 6) is 2.85. The Morgan fingerprint density at radius 2 is 1.90 bits per heavy atom. The van der Waals surface area contributed by atoms with Crippen molar-refractivity contribution in [3.8, 4) is 12.3 Å². The van der Waals surface area contributed by atoms with Crippen LogP contribution in [0.3, 0.4) is 0 Å². The number of aliphatic hydroxyl groups is 1. The quantitative estimate of drug-likeness (QED) is 0.590. The SMILES string of the molecule is C#CC[C@H](O)C(CC)CC. The van der Waals surface area contributed by atoms with Crippen LogP contribution in [0.2, 0.25) is 0 Å². The van der Waals surface area contributed by atoms with Gasteiger partial charge in [0, 0.05) is 6.42 Å². The molecule has 0 aromatic carbocycles. The van der Waals surface area contributed by atoms with Gasteiger partial charge < -0.3 is 5.11 Å². The molecule has 0 radical (unpaired) electrons. The second kappa shape index (κ2) is 5.32. The van der Waals surface area contributed by atoms with Gasteiger partial charge in [0.2, 0.25) is 0 Å². The number of hydrogen-bond acceptors (Lipinski definition) is 1. The second-order valence-electron chi connectivity index (χ2n) is 2.55. The molecule has 0 aliphatic rings. The smallest absolute Gasteiger partial charge is 0.0677 e. The Morgan fingerprint density at radius 3 is 2.20 bits per heavy atom. The van der Waals surface area contributed by atoms with Crippen LogP contribution in [-0.4, -0.2) is 11.2 Å². The Morgan fingerprint density at radius 1 is 1.40 bits per heavy atom. The van der Waals surface area contributed by atoms with E-state index in [1.165, 1.54) is 0 Å². The third-order valence-electron chi connectivity index (χ3n) is 1.92. The molecule has 0 aromatic rings. The molecule has 0 aliphatic carbocycles. The molecule has 0 saturated heterocycles. The van der Waals surface area contributed by atoms with Gasteiger partial charge in [0.25, 0.3) is 0 Å². The summed E-state index contributed by atoms with van der Waals surface area (Å²) in [6, 6.07) is 0. The first-order valence-electron chi connectivity index (χ1n) is 3.87. The van der Waals surface area contributed by atoms with Gasteiger partial charge in [-0.2, -0.15) is 0 Å². The Labute approximate surface area is 63.5 Å². The molecule has 0 bridgehead atoms. The molecule has 1 heteroatoms. The molecule has 1 nitrogen and oxygen atoms in total. The molecular weight excluding hydrogens is 124 g/mol. The van der Waals surface area contributed by atoms with E-state index in [0.29, 0.717) is 12.3 Å². The molecule has 10 heavy (non-hydrogen) atoms. The van der Waals surface area contributed by atoms with Crippen molar-refractivity contribution in [1.29, 1.82) is 0 Å². The predicted octanol–water partition coefficient (Wildman–Crippen LogP) is 1.81. The van der Waals surface area contributed by atoms with Crippen LogP contribution in [0.25, 0.3) is 0 Å². The van der Waals surface area contributed by atoms with Crippen LogP contribution >= 0.6 is 0 Å². The Hall–Kier alpha value is -0.480. The van der Waals surface area contributed by atoms with Crippen LogP contribution < -0.4 is 0 Å². The fourth-order valence-corrected chi connectivity index (χ4v) is 1.12. The normalized spacial score (nSPS) is 13.1. The van der Waals surface area contributed by atoms with Gasteiger partial charge in [-0.15, -0.1) is 12.3 Å². The highest BCUT2D eigenvalue weighted by Gasteiger charge is 2.13. The summed E-state index contributed by atoms with van der Waals surface area (Å²) in [6.45, 7) is 4.15. The van der Waals surface area contributed by atoms with Gasteiger partial charge in [-0.25, -0.2) is 0 Å². The van der Waals surface area contributed by atoms with Crippen molar-refractivity contribution >= 4 is 0 Å². The van der Waals surface area contributed by atoms with Crippen LogP contribution in [0.4, 0.5) is 0 Å². The van der Waals surface area contributed by atoms with Crippen molar-refractivity contribution in [1.82, 2.24) is 0 Å². The molecule has 0 saturated carbocycles. The van der Waals surface area contributed by atoms with Crippen molar-refractivity contribution in [2.75, 3.05) is 0 Å². The first-order chi connectivity index (χ1) is 4.76.